The fourth-order valence-electron chi connectivity index (χ4n) is 3.12. The summed E-state index contributed by atoms with van der Waals surface area (Å²) >= 11 is 0. The number of hydrogen-bond acceptors (Lipinski definition) is 4. The zero-order valence-electron chi connectivity index (χ0n) is 14.1. The summed E-state index contributed by atoms with van der Waals surface area (Å²) in [5.41, 5.74) is 0. The van der Waals surface area contributed by atoms with Crippen molar-refractivity contribution in [1.82, 2.24) is 14.7 Å². The first-order valence-corrected chi connectivity index (χ1v) is 8.48. The zero-order valence-corrected chi connectivity index (χ0v) is 14.1. The Morgan fingerprint density at radius 2 is 1.57 bits per heavy atom. The van der Waals surface area contributed by atoms with Crippen LogP contribution in [0.4, 0.5) is 4.79 Å². The molecule has 7 heteroatoms. The SMILES string of the molecule is CCOC(=O)N1CCN(C(=O)CC(=O)N2CCCC(C)C2)CC1. The van der Waals surface area contributed by atoms with Crippen molar-refractivity contribution in [3.8, 4) is 0 Å². The third-order valence-electron chi connectivity index (χ3n) is 4.47. The predicted octanol–water partition coefficient (Wildman–Crippen LogP) is 0.936. The molecule has 0 aromatic heterocycles. The normalized spacial score (nSPS) is 22.0. The van der Waals surface area contributed by atoms with Crippen molar-refractivity contribution in [3.05, 3.63) is 0 Å². The van der Waals surface area contributed by atoms with Gasteiger partial charge in [-0.25, -0.2) is 4.79 Å². The minimum Gasteiger partial charge on any atom is -0.450 e. The second-order valence-electron chi connectivity index (χ2n) is 6.33. The Morgan fingerprint density at radius 1 is 0.957 bits per heavy atom. The van der Waals surface area contributed by atoms with Gasteiger partial charge in [0, 0.05) is 39.3 Å². The number of carbonyl (C=O) groups is 3. The van der Waals surface area contributed by atoms with E-state index in [9.17, 15) is 14.4 Å². The minimum absolute atomic E-state index is 0.0634. The summed E-state index contributed by atoms with van der Waals surface area (Å²) in [7, 11) is 0. The Bertz CT molecular complexity index is 447. The van der Waals surface area contributed by atoms with Crippen molar-refractivity contribution in [2.75, 3.05) is 45.9 Å². The van der Waals surface area contributed by atoms with Crippen LogP contribution in [0.25, 0.3) is 0 Å². The van der Waals surface area contributed by atoms with Gasteiger partial charge in [-0.2, -0.15) is 0 Å². The third kappa shape index (κ3) is 4.84. The second kappa shape index (κ2) is 8.17. The third-order valence-corrected chi connectivity index (χ3v) is 4.47. The van der Waals surface area contributed by atoms with E-state index in [0.717, 1.165) is 25.9 Å². The van der Waals surface area contributed by atoms with Crippen molar-refractivity contribution < 1.29 is 19.1 Å². The highest BCUT2D eigenvalue weighted by Gasteiger charge is 2.28. The standard InChI is InChI=1S/C16H27N3O4/c1-3-23-16(22)18-9-7-17(8-10-18)14(20)11-15(21)19-6-4-5-13(2)12-19/h13H,3-12H2,1-2H3. The van der Waals surface area contributed by atoms with Crippen LogP contribution in [0.2, 0.25) is 0 Å². The summed E-state index contributed by atoms with van der Waals surface area (Å²) < 4.78 is 4.95. The van der Waals surface area contributed by atoms with Gasteiger partial charge in [0.2, 0.25) is 11.8 Å². The lowest BCUT2D eigenvalue weighted by atomic mass is 10.00. The molecule has 1 atom stereocenters. The predicted molar refractivity (Wildman–Crippen MR) is 84.8 cm³/mol. The number of ether oxygens (including phenoxy) is 1. The summed E-state index contributed by atoms with van der Waals surface area (Å²) in [6.07, 6.45) is 1.76. The molecule has 0 radical (unpaired) electrons. The summed E-state index contributed by atoms with van der Waals surface area (Å²) in [6.45, 7) is 7.60. The van der Waals surface area contributed by atoms with Crippen LogP contribution in [0.15, 0.2) is 0 Å². The maximum absolute atomic E-state index is 12.3. The van der Waals surface area contributed by atoms with Crippen LogP contribution >= 0.6 is 0 Å². The molecule has 2 heterocycles. The number of carbonyl (C=O) groups excluding carboxylic acids is 3. The molecular weight excluding hydrogens is 298 g/mol. The molecule has 0 aliphatic carbocycles. The Kier molecular flexibility index (Phi) is 6.24. The average Bonchev–Trinajstić information content (AvgIpc) is 2.55. The number of rotatable bonds is 3. The topological polar surface area (TPSA) is 70.2 Å². The fourth-order valence-corrected chi connectivity index (χ4v) is 3.12. The smallest absolute Gasteiger partial charge is 0.409 e. The molecule has 0 aromatic rings. The first kappa shape index (κ1) is 17.6. The number of hydrogen-bond donors (Lipinski definition) is 0. The summed E-state index contributed by atoms with van der Waals surface area (Å²) in [5.74, 6) is 0.294. The molecular formula is C16H27N3O4. The van der Waals surface area contributed by atoms with Crippen molar-refractivity contribution in [1.29, 1.82) is 0 Å². The molecule has 2 aliphatic heterocycles. The molecule has 0 aromatic carbocycles. The van der Waals surface area contributed by atoms with Gasteiger partial charge in [0.1, 0.15) is 6.42 Å². The summed E-state index contributed by atoms with van der Waals surface area (Å²) in [4.78, 5) is 41.2. The molecule has 3 amide bonds. The lowest BCUT2D eigenvalue weighted by Gasteiger charge is -2.35. The highest BCUT2D eigenvalue weighted by molar-refractivity contribution is 5.97. The fraction of sp³-hybridized carbons (Fsp3) is 0.812. The van der Waals surface area contributed by atoms with Gasteiger partial charge >= 0.3 is 6.09 Å². The van der Waals surface area contributed by atoms with Crippen LogP contribution in [0.1, 0.15) is 33.1 Å². The maximum atomic E-state index is 12.3. The molecule has 1 unspecified atom stereocenters. The van der Waals surface area contributed by atoms with Crippen molar-refractivity contribution >= 4 is 17.9 Å². The zero-order chi connectivity index (χ0) is 16.8. The molecule has 0 spiro atoms. The Morgan fingerprint density at radius 3 is 2.17 bits per heavy atom. The monoisotopic (exact) mass is 325 g/mol. The van der Waals surface area contributed by atoms with Gasteiger partial charge < -0.3 is 19.4 Å². The minimum atomic E-state index is -0.335. The van der Waals surface area contributed by atoms with Gasteiger partial charge in [-0.15, -0.1) is 0 Å². The summed E-state index contributed by atoms with van der Waals surface area (Å²) in [5, 5.41) is 0. The number of piperidine rings is 1. The maximum Gasteiger partial charge on any atom is 0.409 e. The molecule has 2 rings (SSSR count). The Hall–Kier alpha value is -1.79. The van der Waals surface area contributed by atoms with E-state index in [0.29, 0.717) is 38.7 Å². The van der Waals surface area contributed by atoms with Crippen LogP contribution in [0.3, 0.4) is 0 Å². The average molecular weight is 325 g/mol. The van der Waals surface area contributed by atoms with Gasteiger partial charge in [-0.3, -0.25) is 9.59 Å². The first-order chi connectivity index (χ1) is 11.0. The quantitative estimate of drug-likeness (QED) is 0.724. The number of likely N-dealkylation sites (tertiary alicyclic amines) is 1. The van der Waals surface area contributed by atoms with Gasteiger partial charge in [0.15, 0.2) is 0 Å². The van der Waals surface area contributed by atoms with E-state index in [2.05, 4.69) is 6.92 Å². The Balaban J connectivity index is 1.76. The number of piperazine rings is 1. The van der Waals surface area contributed by atoms with E-state index in [-0.39, 0.29) is 24.3 Å². The van der Waals surface area contributed by atoms with Gasteiger partial charge in [-0.05, 0) is 25.7 Å². The van der Waals surface area contributed by atoms with E-state index in [1.165, 1.54) is 0 Å². The van der Waals surface area contributed by atoms with E-state index in [4.69, 9.17) is 4.74 Å². The van der Waals surface area contributed by atoms with Crippen molar-refractivity contribution in [2.45, 2.75) is 33.1 Å². The van der Waals surface area contributed by atoms with Gasteiger partial charge in [-0.1, -0.05) is 6.92 Å². The van der Waals surface area contributed by atoms with Crippen molar-refractivity contribution in [3.63, 3.8) is 0 Å². The molecule has 23 heavy (non-hydrogen) atoms. The van der Waals surface area contributed by atoms with Crippen LogP contribution in [0, 0.1) is 5.92 Å². The molecule has 7 nitrogen and oxygen atoms in total. The first-order valence-electron chi connectivity index (χ1n) is 8.48. The van der Waals surface area contributed by atoms with Crippen LogP contribution in [-0.2, 0) is 14.3 Å². The second-order valence-corrected chi connectivity index (χ2v) is 6.33. The Labute approximate surface area is 137 Å². The molecule has 0 bridgehead atoms. The van der Waals surface area contributed by atoms with Crippen LogP contribution < -0.4 is 0 Å². The van der Waals surface area contributed by atoms with Crippen molar-refractivity contribution in [2.24, 2.45) is 5.92 Å². The van der Waals surface area contributed by atoms with E-state index < -0.39 is 0 Å². The molecule has 2 saturated heterocycles. The lowest BCUT2D eigenvalue weighted by molar-refractivity contribution is -0.142. The van der Waals surface area contributed by atoms with E-state index in [1.54, 1.807) is 21.6 Å². The number of nitrogens with zero attached hydrogens (tertiary/aromatic N) is 3. The van der Waals surface area contributed by atoms with Gasteiger partial charge in [0.05, 0.1) is 6.61 Å². The highest BCUT2D eigenvalue weighted by atomic mass is 16.6. The highest BCUT2D eigenvalue weighted by Crippen LogP contribution is 2.16. The molecule has 130 valence electrons. The van der Waals surface area contributed by atoms with E-state index >= 15 is 0 Å². The van der Waals surface area contributed by atoms with E-state index in [1.807, 2.05) is 0 Å². The molecule has 2 fully saturated rings. The molecule has 0 saturated carbocycles. The molecule has 2 aliphatic rings. The summed E-state index contributed by atoms with van der Waals surface area (Å²) in [6, 6.07) is 0. The van der Waals surface area contributed by atoms with Crippen LogP contribution in [-0.4, -0.2) is 78.5 Å². The van der Waals surface area contributed by atoms with Crippen LogP contribution in [0.5, 0.6) is 0 Å². The number of amides is 3. The molecule has 0 N–H and O–H groups in total. The largest absolute Gasteiger partial charge is 0.450 e. The lowest BCUT2D eigenvalue weighted by Crippen LogP contribution is -2.51. The van der Waals surface area contributed by atoms with Gasteiger partial charge in [0.25, 0.3) is 0 Å².